The number of thiazole rings is 1. The molecule has 2 unspecified atom stereocenters. The summed E-state index contributed by atoms with van der Waals surface area (Å²) in [5.41, 5.74) is 3.72. The minimum absolute atomic E-state index is 0.121. The van der Waals surface area contributed by atoms with Crippen LogP contribution < -0.4 is 5.32 Å². The second kappa shape index (κ2) is 6.58. The van der Waals surface area contributed by atoms with Gasteiger partial charge >= 0.3 is 0 Å². The average Bonchev–Trinajstić information content (AvgIpc) is 3.24. The summed E-state index contributed by atoms with van der Waals surface area (Å²) in [5, 5.41) is 13.2. The molecule has 22 heavy (non-hydrogen) atoms. The summed E-state index contributed by atoms with van der Waals surface area (Å²) < 4.78 is 0. The molecular formula is C17H20N2O2S. The number of carbonyl (C=O) groups is 1. The SMILES string of the molecule is CC(NC(=O)c1scnc1C1CC1)C(O)Cc1ccccc1. The highest BCUT2D eigenvalue weighted by atomic mass is 32.1. The smallest absolute Gasteiger partial charge is 0.263 e. The number of hydrogen-bond acceptors (Lipinski definition) is 4. The Labute approximate surface area is 134 Å². The number of nitrogens with zero attached hydrogens (tertiary/aromatic N) is 1. The fourth-order valence-electron chi connectivity index (χ4n) is 2.47. The van der Waals surface area contributed by atoms with E-state index in [4.69, 9.17) is 0 Å². The molecule has 1 aromatic heterocycles. The molecule has 1 aromatic carbocycles. The maximum absolute atomic E-state index is 12.4. The number of aliphatic hydroxyl groups excluding tert-OH is 1. The van der Waals surface area contributed by atoms with Crippen molar-refractivity contribution in [1.82, 2.24) is 10.3 Å². The summed E-state index contributed by atoms with van der Waals surface area (Å²) in [6.45, 7) is 1.84. The van der Waals surface area contributed by atoms with E-state index in [1.165, 1.54) is 11.3 Å². The van der Waals surface area contributed by atoms with Gasteiger partial charge in [0.25, 0.3) is 5.91 Å². The van der Waals surface area contributed by atoms with E-state index < -0.39 is 6.10 Å². The van der Waals surface area contributed by atoms with Gasteiger partial charge in [-0.05, 0) is 25.3 Å². The minimum atomic E-state index is -0.608. The van der Waals surface area contributed by atoms with Crippen LogP contribution in [0.25, 0.3) is 0 Å². The second-order valence-corrected chi connectivity index (χ2v) is 6.71. The zero-order chi connectivity index (χ0) is 15.5. The van der Waals surface area contributed by atoms with E-state index >= 15 is 0 Å². The van der Waals surface area contributed by atoms with Crippen molar-refractivity contribution >= 4 is 17.2 Å². The monoisotopic (exact) mass is 316 g/mol. The zero-order valence-corrected chi connectivity index (χ0v) is 13.3. The average molecular weight is 316 g/mol. The maximum Gasteiger partial charge on any atom is 0.263 e. The molecule has 2 N–H and O–H groups in total. The summed E-state index contributed by atoms with van der Waals surface area (Å²) in [5.74, 6) is 0.334. The lowest BCUT2D eigenvalue weighted by atomic mass is 10.0. The summed E-state index contributed by atoms with van der Waals surface area (Å²) >= 11 is 1.38. The largest absolute Gasteiger partial charge is 0.391 e. The summed E-state index contributed by atoms with van der Waals surface area (Å²) in [7, 11) is 0. The highest BCUT2D eigenvalue weighted by molar-refractivity contribution is 7.11. The molecule has 0 bridgehead atoms. The lowest BCUT2D eigenvalue weighted by molar-refractivity contribution is 0.0854. The number of benzene rings is 1. The number of nitrogens with one attached hydrogen (secondary N) is 1. The van der Waals surface area contributed by atoms with Crippen molar-refractivity contribution in [2.24, 2.45) is 0 Å². The van der Waals surface area contributed by atoms with Crippen molar-refractivity contribution in [1.29, 1.82) is 0 Å². The Morgan fingerprint density at radius 3 is 2.82 bits per heavy atom. The predicted octanol–water partition coefficient (Wildman–Crippen LogP) is 2.74. The van der Waals surface area contributed by atoms with Crippen LogP contribution in [-0.4, -0.2) is 28.1 Å². The fraction of sp³-hybridized carbons (Fsp3) is 0.412. The van der Waals surface area contributed by atoms with E-state index in [1.807, 2.05) is 37.3 Å². The molecule has 4 nitrogen and oxygen atoms in total. The van der Waals surface area contributed by atoms with Gasteiger partial charge in [-0.15, -0.1) is 11.3 Å². The lowest BCUT2D eigenvalue weighted by Crippen LogP contribution is -2.42. The van der Waals surface area contributed by atoms with Gasteiger partial charge in [0.1, 0.15) is 4.88 Å². The third kappa shape index (κ3) is 3.54. The first-order chi connectivity index (χ1) is 10.6. The van der Waals surface area contributed by atoms with Gasteiger partial charge in [-0.2, -0.15) is 0 Å². The molecule has 3 rings (SSSR count). The quantitative estimate of drug-likeness (QED) is 0.861. The Bertz CT molecular complexity index is 637. The van der Waals surface area contributed by atoms with Gasteiger partial charge in [0.15, 0.2) is 0 Å². The third-order valence-corrected chi connectivity index (χ3v) is 4.83. The minimum Gasteiger partial charge on any atom is -0.391 e. The van der Waals surface area contributed by atoms with Gasteiger partial charge in [0.05, 0.1) is 23.4 Å². The highest BCUT2D eigenvalue weighted by Crippen LogP contribution is 2.41. The van der Waals surface area contributed by atoms with Gasteiger partial charge < -0.3 is 10.4 Å². The van der Waals surface area contributed by atoms with E-state index in [-0.39, 0.29) is 11.9 Å². The number of rotatable bonds is 6. The van der Waals surface area contributed by atoms with Crippen molar-refractivity contribution in [3.05, 3.63) is 52.0 Å². The topological polar surface area (TPSA) is 62.2 Å². The third-order valence-electron chi connectivity index (χ3n) is 3.99. The zero-order valence-electron chi connectivity index (χ0n) is 12.5. The first kappa shape index (κ1) is 15.2. The van der Waals surface area contributed by atoms with Crippen LogP contribution >= 0.6 is 11.3 Å². The molecule has 1 aliphatic rings. The molecule has 1 heterocycles. The molecule has 116 valence electrons. The van der Waals surface area contributed by atoms with Crippen molar-refractivity contribution in [3.8, 4) is 0 Å². The Morgan fingerprint density at radius 1 is 1.41 bits per heavy atom. The number of aliphatic hydroxyl groups is 1. The van der Waals surface area contributed by atoms with Crippen LogP contribution in [0, 0.1) is 0 Å². The first-order valence-corrected chi connectivity index (χ1v) is 8.49. The predicted molar refractivity (Wildman–Crippen MR) is 87.2 cm³/mol. The van der Waals surface area contributed by atoms with E-state index in [1.54, 1.807) is 5.51 Å². The van der Waals surface area contributed by atoms with E-state index in [0.29, 0.717) is 17.2 Å². The Hall–Kier alpha value is -1.72. The molecule has 2 aromatic rings. The van der Waals surface area contributed by atoms with Crippen LogP contribution in [0.1, 0.15) is 46.6 Å². The molecule has 1 saturated carbocycles. The lowest BCUT2D eigenvalue weighted by Gasteiger charge is -2.20. The molecule has 0 aliphatic heterocycles. The normalized spacial score (nSPS) is 17.0. The van der Waals surface area contributed by atoms with Crippen LogP contribution in [0.4, 0.5) is 0 Å². The van der Waals surface area contributed by atoms with Gasteiger partial charge in [-0.25, -0.2) is 4.98 Å². The van der Waals surface area contributed by atoms with Crippen LogP contribution in [-0.2, 0) is 6.42 Å². The number of hydrogen-bond donors (Lipinski definition) is 2. The molecule has 5 heteroatoms. The first-order valence-electron chi connectivity index (χ1n) is 7.61. The van der Waals surface area contributed by atoms with Gasteiger partial charge in [0, 0.05) is 12.3 Å². The van der Waals surface area contributed by atoms with E-state index in [0.717, 1.165) is 24.1 Å². The van der Waals surface area contributed by atoms with E-state index in [9.17, 15) is 9.90 Å². The summed E-state index contributed by atoms with van der Waals surface area (Å²) in [6.07, 6.45) is 2.16. The van der Waals surface area contributed by atoms with Crippen molar-refractivity contribution in [2.75, 3.05) is 0 Å². The Morgan fingerprint density at radius 2 is 2.14 bits per heavy atom. The maximum atomic E-state index is 12.4. The highest BCUT2D eigenvalue weighted by Gasteiger charge is 2.31. The van der Waals surface area contributed by atoms with Crippen LogP contribution in [0.3, 0.4) is 0 Å². The second-order valence-electron chi connectivity index (χ2n) is 5.86. The van der Waals surface area contributed by atoms with Crippen molar-refractivity contribution < 1.29 is 9.90 Å². The standard InChI is InChI=1S/C17H20N2O2S/c1-11(14(20)9-12-5-3-2-4-6-12)19-17(21)16-15(13-7-8-13)18-10-22-16/h2-6,10-11,13-14,20H,7-9H2,1H3,(H,19,21). The number of aromatic nitrogens is 1. The number of carbonyl (C=O) groups excluding carboxylic acids is 1. The molecule has 0 spiro atoms. The van der Waals surface area contributed by atoms with E-state index in [2.05, 4.69) is 10.3 Å². The fourth-order valence-corrected chi connectivity index (χ4v) is 3.25. The van der Waals surface area contributed by atoms with Crippen molar-refractivity contribution in [2.45, 2.75) is 44.2 Å². The van der Waals surface area contributed by atoms with Crippen LogP contribution in [0.15, 0.2) is 35.8 Å². The molecule has 0 saturated heterocycles. The Balaban J connectivity index is 1.59. The number of amides is 1. The Kier molecular flexibility index (Phi) is 4.55. The molecule has 0 radical (unpaired) electrons. The molecule has 2 atom stereocenters. The molecular weight excluding hydrogens is 296 g/mol. The molecule has 1 aliphatic carbocycles. The molecule has 1 fully saturated rings. The van der Waals surface area contributed by atoms with Gasteiger partial charge in [-0.3, -0.25) is 4.79 Å². The van der Waals surface area contributed by atoms with Crippen LogP contribution in [0.5, 0.6) is 0 Å². The van der Waals surface area contributed by atoms with Crippen LogP contribution in [0.2, 0.25) is 0 Å². The van der Waals surface area contributed by atoms with Gasteiger partial charge in [0.2, 0.25) is 0 Å². The van der Waals surface area contributed by atoms with Gasteiger partial charge in [-0.1, -0.05) is 30.3 Å². The summed E-state index contributed by atoms with van der Waals surface area (Å²) in [4.78, 5) is 17.4. The van der Waals surface area contributed by atoms with Crippen molar-refractivity contribution in [3.63, 3.8) is 0 Å². The molecule has 1 amide bonds. The summed E-state index contributed by atoms with van der Waals surface area (Å²) in [6, 6.07) is 9.50.